The standard InChI is InChI=1S/C14H13Cl2N3O/c1-2-17-13-10(4-3-7-18-13)14(20)19-9-5-6-11(15)12(16)8-9/h3-8H,2H2,1H3,(H,17,18)(H,19,20). The second-order valence-electron chi connectivity index (χ2n) is 4.01. The highest BCUT2D eigenvalue weighted by molar-refractivity contribution is 6.42. The van der Waals surface area contributed by atoms with E-state index in [1.165, 1.54) is 0 Å². The highest BCUT2D eigenvalue weighted by atomic mass is 35.5. The lowest BCUT2D eigenvalue weighted by Gasteiger charge is -2.10. The predicted octanol–water partition coefficient (Wildman–Crippen LogP) is 4.07. The van der Waals surface area contributed by atoms with Crippen molar-refractivity contribution >= 4 is 40.6 Å². The molecule has 0 bridgehead atoms. The summed E-state index contributed by atoms with van der Waals surface area (Å²) in [6.45, 7) is 2.62. The number of anilines is 2. The Hall–Kier alpha value is -1.78. The van der Waals surface area contributed by atoms with Gasteiger partial charge in [-0.2, -0.15) is 0 Å². The molecule has 1 aromatic heterocycles. The fourth-order valence-electron chi connectivity index (χ4n) is 1.67. The molecule has 2 N–H and O–H groups in total. The summed E-state index contributed by atoms with van der Waals surface area (Å²) in [7, 11) is 0. The minimum atomic E-state index is -0.257. The molecule has 0 unspecified atom stereocenters. The van der Waals surface area contributed by atoms with Gasteiger partial charge in [0.1, 0.15) is 5.82 Å². The van der Waals surface area contributed by atoms with Gasteiger partial charge in [-0.05, 0) is 37.3 Å². The number of carbonyl (C=O) groups is 1. The number of hydrogen-bond donors (Lipinski definition) is 2. The maximum Gasteiger partial charge on any atom is 0.259 e. The number of hydrogen-bond acceptors (Lipinski definition) is 3. The van der Waals surface area contributed by atoms with Crippen LogP contribution in [0.3, 0.4) is 0 Å². The Balaban J connectivity index is 2.21. The molecule has 0 atom stereocenters. The van der Waals surface area contributed by atoms with Crippen molar-refractivity contribution in [1.82, 2.24) is 4.98 Å². The molecule has 0 saturated heterocycles. The van der Waals surface area contributed by atoms with Crippen molar-refractivity contribution in [1.29, 1.82) is 0 Å². The van der Waals surface area contributed by atoms with Crippen LogP contribution in [0.2, 0.25) is 10.0 Å². The monoisotopic (exact) mass is 309 g/mol. The van der Waals surface area contributed by atoms with Gasteiger partial charge in [-0.3, -0.25) is 4.79 Å². The molecule has 1 heterocycles. The molecule has 2 rings (SSSR count). The maximum atomic E-state index is 12.2. The Morgan fingerprint density at radius 3 is 2.75 bits per heavy atom. The van der Waals surface area contributed by atoms with Gasteiger partial charge in [0.05, 0.1) is 15.6 Å². The van der Waals surface area contributed by atoms with Gasteiger partial charge in [0.15, 0.2) is 0 Å². The van der Waals surface area contributed by atoms with E-state index < -0.39 is 0 Å². The molecule has 6 heteroatoms. The average molecular weight is 310 g/mol. The first kappa shape index (κ1) is 14.6. The van der Waals surface area contributed by atoms with Gasteiger partial charge in [0.2, 0.25) is 0 Å². The van der Waals surface area contributed by atoms with Crippen molar-refractivity contribution in [3.05, 3.63) is 52.1 Å². The molecule has 0 aliphatic rings. The van der Waals surface area contributed by atoms with E-state index in [0.29, 0.717) is 33.7 Å². The zero-order valence-electron chi connectivity index (χ0n) is 10.8. The Kier molecular flexibility index (Phi) is 4.82. The minimum absolute atomic E-state index is 0.257. The molecule has 20 heavy (non-hydrogen) atoms. The van der Waals surface area contributed by atoms with E-state index in [1.807, 2.05) is 6.92 Å². The van der Waals surface area contributed by atoms with Crippen LogP contribution in [0.15, 0.2) is 36.5 Å². The first-order valence-electron chi connectivity index (χ1n) is 6.07. The van der Waals surface area contributed by atoms with Crippen molar-refractivity contribution in [3.63, 3.8) is 0 Å². The molecule has 1 amide bonds. The summed E-state index contributed by atoms with van der Waals surface area (Å²) in [5.74, 6) is 0.292. The third-order valence-corrected chi connectivity index (χ3v) is 3.31. The Morgan fingerprint density at radius 1 is 1.25 bits per heavy atom. The summed E-state index contributed by atoms with van der Waals surface area (Å²) in [6, 6.07) is 8.34. The van der Waals surface area contributed by atoms with Gasteiger partial charge in [-0.25, -0.2) is 4.98 Å². The summed E-state index contributed by atoms with van der Waals surface area (Å²) >= 11 is 11.8. The van der Waals surface area contributed by atoms with Gasteiger partial charge < -0.3 is 10.6 Å². The number of carbonyl (C=O) groups excluding carboxylic acids is 1. The van der Waals surface area contributed by atoms with Crippen LogP contribution in [0.4, 0.5) is 11.5 Å². The summed E-state index contributed by atoms with van der Waals surface area (Å²) in [4.78, 5) is 16.4. The van der Waals surface area contributed by atoms with E-state index in [-0.39, 0.29) is 5.91 Å². The molecule has 4 nitrogen and oxygen atoms in total. The smallest absolute Gasteiger partial charge is 0.259 e. The van der Waals surface area contributed by atoms with Crippen molar-refractivity contribution in [3.8, 4) is 0 Å². The zero-order valence-corrected chi connectivity index (χ0v) is 12.3. The molecular weight excluding hydrogens is 297 g/mol. The number of nitrogens with zero attached hydrogens (tertiary/aromatic N) is 1. The first-order chi connectivity index (χ1) is 9.61. The second kappa shape index (κ2) is 6.59. The van der Waals surface area contributed by atoms with Crippen LogP contribution in [0.1, 0.15) is 17.3 Å². The third-order valence-electron chi connectivity index (χ3n) is 2.57. The highest BCUT2D eigenvalue weighted by Crippen LogP contribution is 2.25. The fourth-order valence-corrected chi connectivity index (χ4v) is 1.97. The largest absolute Gasteiger partial charge is 0.370 e. The molecule has 0 aliphatic carbocycles. The second-order valence-corrected chi connectivity index (χ2v) is 4.83. The lowest BCUT2D eigenvalue weighted by atomic mass is 10.2. The number of halogens is 2. The predicted molar refractivity (Wildman–Crippen MR) is 82.8 cm³/mol. The first-order valence-corrected chi connectivity index (χ1v) is 6.82. The Morgan fingerprint density at radius 2 is 2.05 bits per heavy atom. The molecular formula is C14H13Cl2N3O. The molecule has 104 valence electrons. The van der Waals surface area contributed by atoms with Gasteiger partial charge in [-0.15, -0.1) is 0 Å². The average Bonchev–Trinajstić information content (AvgIpc) is 2.44. The minimum Gasteiger partial charge on any atom is -0.370 e. The van der Waals surface area contributed by atoms with Gasteiger partial charge in [0.25, 0.3) is 5.91 Å². The van der Waals surface area contributed by atoms with Crippen molar-refractivity contribution < 1.29 is 4.79 Å². The van der Waals surface area contributed by atoms with Gasteiger partial charge in [-0.1, -0.05) is 23.2 Å². The molecule has 0 aliphatic heterocycles. The number of nitrogens with one attached hydrogen (secondary N) is 2. The van der Waals surface area contributed by atoms with Crippen LogP contribution in [0.5, 0.6) is 0 Å². The number of benzene rings is 1. The molecule has 0 fully saturated rings. The van der Waals surface area contributed by atoms with Crippen molar-refractivity contribution in [2.24, 2.45) is 0 Å². The summed E-state index contributed by atoms with van der Waals surface area (Å²) in [5, 5.41) is 6.64. The maximum absolute atomic E-state index is 12.2. The Labute approximate surface area is 127 Å². The van der Waals surface area contributed by atoms with E-state index in [9.17, 15) is 4.79 Å². The normalized spacial score (nSPS) is 10.2. The SMILES string of the molecule is CCNc1ncccc1C(=O)Nc1ccc(Cl)c(Cl)c1. The molecule has 0 radical (unpaired) electrons. The van der Waals surface area contributed by atoms with E-state index in [0.717, 1.165) is 0 Å². The van der Waals surface area contributed by atoms with Crippen LogP contribution in [0, 0.1) is 0 Å². The quantitative estimate of drug-likeness (QED) is 0.895. The van der Waals surface area contributed by atoms with Gasteiger partial charge >= 0.3 is 0 Å². The van der Waals surface area contributed by atoms with Crippen LogP contribution in [0.25, 0.3) is 0 Å². The topological polar surface area (TPSA) is 54.0 Å². The van der Waals surface area contributed by atoms with Crippen LogP contribution < -0.4 is 10.6 Å². The molecule has 1 aromatic carbocycles. The van der Waals surface area contributed by atoms with E-state index in [4.69, 9.17) is 23.2 Å². The molecule has 2 aromatic rings. The lowest BCUT2D eigenvalue weighted by Crippen LogP contribution is -2.15. The lowest BCUT2D eigenvalue weighted by molar-refractivity contribution is 0.102. The van der Waals surface area contributed by atoms with Crippen LogP contribution >= 0.6 is 23.2 Å². The van der Waals surface area contributed by atoms with Crippen LogP contribution in [-0.4, -0.2) is 17.4 Å². The number of aromatic nitrogens is 1. The third kappa shape index (κ3) is 3.40. The summed E-state index contributed by atoms with van der Waals surface area (Å²) < 4.78 is 0. The summed E-state index contributed by atoms with van der Waals surface area (Å²) in [6.07, 6.45) is 1.63. The number of amides is 1. The molecule has 0 spiro atoms. The Bertz CT molecular complexity index is 632. The highest BCUT2D eigenvalue weighted by Gasteiger charge is 2.12. The van der Waals surface area contributed by atoms with Crippen molar-refractivity contribution in [2.75, 3.05) is 17.2 Å². The van der Waals surface area contributed by atoms with E-state index in [2.05, 4.69) is 15.6 Å². The van der Waals surface area contributed by atoms with Crippen molar-refractivity contribution in [2.45, 2.75) is 6.92 Å². The number of pyridine rings is 1. The van der Waals surface area contributed by atoms with Crippen LogP contribution in [-0.2, 0) is 0 Å². The zero-order chi connectivity index (χ0) is 14.5. The molecule has 0 saturated carbocycles. The number of rotatable bonds is 4. The van der Waals surface area contributed by atoms with E-state index >= 15 is 0 Å². The van der Waals surface area contributed by atoms with E-state index in [1.54, 1.807) is 36.5 Å². The van der Waals surface area contributed by atoms with Gasteiger partial charge in [0, 0.05) is 18.4 Å². The fraction of sp³-hybridized carbons (Fsp3) is 0.143. The summed E-state index contributed by atoms with van der Waals surface area (Å²) in [5.41, 5.74) is 1.05.